The van der Waals surface area contributed by atoms with E-state index in [1.54, 1.807) is 5.56 Å². The van der Waals surface area contributed by atoms with Gasteiger partial charge in [0.1, 0.15) is 5.75 Å². The molecule has 5 unspecified atom stereocenters. The third kappa shape index (κ3) is 4.81. The van der Waals surface area contributed by atoms with Crippen LogP contribution in [0.15, 0.2) is 72.8 Å². The molecule has 3 aromatic carbocycles. The van der Waals surface area contributed by atoms with E-state index in [9.17, 15) is 5.11 Å². The van der Waals surface area contributed by atoms with Crippen LogP contribution in [0.5, 0.6) is 5.75 Å². The third-order valence-electron chi connectivity index (χ3n) is 11.7. The molecule has 5 atom stereocenters. The molecule has 2 nitrogen and oxygen atoms in total. The van der Waals surface area contributed by atoms with Crippen LogP contribution in [-0.2, 0) is 17.3 Å². The number of rotatable bonds is 7. The monoisotopic (exact) mass is 566 g/mol. The minimum Gasteiger partial charge on any atom is -0.508 e. The van der Waals surface area contributed by atoms with Gasteiger partial charge in [0.2, 0.25) is 0 Å². The van der Waals surface area contributed by atoms with Crippen LogP contribution in [-0.4, -0.2) is 20.0 Å². The van der Waals surface area contributed by atoms with Crippen LogP contribution in [0.4, 0.5) is 0 Å². The summed E-state index contributed by atoms with van der Waals surface area (Å²) in [6, 6.07) is 26.7. The second kappa shape index (κ2) is 11.0. The Kier molecular flexibility index (Phi) is 7.74. The first-order chi connectivity index (χ1) is 19.7. The fraction of sp³-hybridized carbons (Fsp3) is 0.526. The summed E-state index contributed by atoms with van der Waals surface area (Å²) in [5.74, 6) is 3.52. The highest BCUT2D eigenvalue weighted by Crippen LogP contribution is 2.63. The van der Waals surface area contributed by atoms with Gasteiger partial charge in [0.05, 0.1) is 0 Å². The molecule has 3 heteroatoms. The Bertz CT molecular complexity index is 1300. The van der Waals surface area contributed by atoms with Gasteiger partial charge in [-0.1, -0.05) is 101 Å². The van der Waals surface area contributed by atoms with E-state index in [0.29, 0.717) is 17.1 Å². The first kappa shape index (κ1) is 28.7. The van der Waals surface area contributed by atoms with Gasteiger partial charge in [-0.3, -0.25) is 0 Å². The molecule has 0 radical (unpaired) electrons. The molecule has 2 saturated carbocycles. The van der Waals surface area contributed by atoms with Gasteiger partial charge in [0.25, 0.3) is 8.32 Å². The van der Waals surface area contributed by atoms with Crippen molar-refractivity contribution in [2.24, 2.45) is 23.2 Å². The Morgan fingerprint density at radius 2 is 1.56 bits per heavy atom. The number of phenols is 1. The van der Waals surface area contributed by atoms with E-state index in [1.165, 1.54) is 54.5 Å². The average Bonchev–Trinajstić information content (AvgIpc) is 3.31. The van der Waals surface area contributed by atoms with Crippen LogP contribution in [0.2, 0.25) is 5.04 Å². The van der Waals surface area contributed by atoms with Crippen LogP contribution in [0, 0.1) is 23.2 Å². The van der Waals surface area contributed by atoms with Gasteiger partial charge in [-0.15, -0.1) is 0 Å². The van der Waals surface area contributed by atoms with Crippen LogP contribution in [0.1, 0.15) is 95.8 Å². The van der Waals surface area contributed by atoms with Crippen LogP contribution < -0.4 is 10.4 Å². The Labute approximate surface area is 249 Å². The molecular weight excluding hydrogens is 517 g/mol. The average molecular weight is 567 g/mol. The van der Waals surface area contributed by atoms with Crippen molar-refractivity contribution in [3.8, 4) is 5.75 Å². The van der Waals surface area contributed by atoms with E-state index < -0.39 is 8.32 Å². The first-order valence-electron chi connectivity index (χ1n) is 16.3. The van der Waals surface area contributed by atoms with E-state index in [0.717, 1.165) is 42.8 Å². The Hall–Kier alpha value is -2.36. The van der Waals surface area contributed by atoms with Gasteiger partial charge < -0.3 is 9.53 Å². The highest BCUT2D eigenvalue weighted by Gasteiger charge is 2.55. The van der Waals surface area contributed by atoms with E-state index in [4.69, 9.17) is 4.43 Å². The van der Waals surface area contributed by atoms with Crippen molar-refractivity contribution in [3.05, 3.63) is 89.5 Å². The number of aryl methyl sites for hydroxylation is 2. The van der Waals surface area contributed by atoms with Crippen molar-refractivity contribution in [1.82, 2.24) is 0 Å². The molecule has 2 fully saturated rings. The molecule has 0 bridgehead atoms. The second-order valence-electron chi connectivity index (χ2n) is 14.6. The fourth-order valence-corrected chi connectivity index (χ4v) is 14.2. The van der Waals surface area contributed by atoms with Crippen molar-refractivity contribution in [3.63, 3.8) is 0 Å². The first-order valence-corrected chi connectivity index (χ1v) is 18.2. The quantitative estimate of drug-likeness (QED) is 0.291. The lowest BCUT2D eigenvalue weighted by Crippen LogP contribution is -2.66. The number of phenolic OH excluding ortho intramolecular Hbond substituents is 1. The van der Waals surface area contributed by atoms with Gasteiger partial charge in [0, 0.05) is 6.61 Å². The molecule has 6 rings (SSSR count). The summed E-state index contributed by atoms with van der Waals surface area (Å²) in [6.07, 6.45) is 9.82. The standard InChI is InChI=1S/C38H50O2Si/c1-6-27-25-34-28(26-36(27)39)17-19-33-32(34)21-23-38(5)29(18-20-35(33)38)22-24-40-41(37(2,3)4,30-13-9-7-10-14-30)31-15-11-8-12-16-31/h7-16,25-26,29,32-33,35,39H,6,17-24H2,1-5H3. The summed E-state index contributed by atoms with van der Waals surface area (Å²) in [7, 11) is -2.49. The minimum atomic E-state index is -2.49. The summed E-state index contributed by atoms with van der Waals surface area (Å²) < 4.78 is 7.36. The summed E-state index contributed by atoms with van der Waals surface area (Å²) >= 11 is 0. The third-order valence-corrected chi connectivity index (χ3v) is 16.7. The Morgan fingerprint density at radius 1 is 0.902 bits per heavy atom. The maximum absolute atomic E-state index is 10.5. The summed E-state index contributed by atoms with van der Waals surface area (Å²) in [6.45, 7) is 12.8. The lowest BCUT2D eigenvalue weighted by molar-refractivity contribution is 0.0216. The summed E-state index contributed by atoms with van der Waals surface area (Å²) in [4.78, 5) is 0. The zero-order valence-corrected chi connectivity index (χ0v) is 27.0. The number of hydrogen-bond acceptors (Lipinski definition) is 2. The molecule has 0 heterocycles. The van der Waals surface area contributed by atoms with Crippen LogP contribution in [0.25, 0.3) is 0 Å². The zero-order valence-electron chi connectivity index (χ0n) is 26.0. The molecule has 3 aliphatic carbocycles. The van der Waals surface area contributed by atoms with Gasteiger partial charge in [-0.2, -0.15) is 0 Å². The highest BCUT2D eigenvalue weighted by molar-refractivity contribution is 6.99. The minimum absolute atomic E-state index is 0.0249. The van der Waals surface area contributed by atoms with Crippen LogP contribution >= 0.6 is 0 Å². The number of aromatic hydroxyl groups is 1. The lowest BCUT2D eigenvalue weighted by Gasteiger charge is -2.51. The van der Waals surface area contributed by atoms with Gasteiger partial charge in [-0.25, -0.2) is 0 Å². The molecule has 0 spiro atoms. The Morgan fingerprint density at radius 3 is 2.17 bits per heavy atom. The van der Waals surface area contributed by atoms with Crippen molar-refractivity contribution in [2.75, 3.05) is 6.61 Å². The molecule has 0 saturated heterocycles. The largest absolute Gasteiger partial charge is 0.508 e. The van der Waals surface area contributed by atoms with Crippen molar-refractivity contribution in [2.45, 2.75) is 96.9 Å². The molecule has 218 valence electrons. The molecule has 41 heavy (non-hydrogen) atoms. The van der Waals surface area contributed by atoms with Gasteiger partial charge >= 0.3 is 0 Å². The zero-order chi connectivity index (χ0) is 28.8. The summed E-state index contributed by atoms with van der Waals surface area (Å²) in [5.41, 5.74) is 4.52. The van der Waals surface area contributed by atoms with Crippen molar-refractivity contribution >= 4 is 18.7 Å². The lowest BCUT2D eigenvalue weighted by atomic mass is 9.54. The Balaban J connectivity index is 1.22. The maximum Gasteiger partial charge on any atom is 0.261 e. The smallest absolute Gasteiger partial charge is 0.261 e. The van der Waals surface area contributed by atoms with E-state index >= 15 is 0 Å². The van der Waals surface area contributed by atoms with Crippen LogP contribution in [0.3, 0.4) is 0 Å². The molecule has 3 aromatic rings. The predicted octanol–water partition coefficient (Wildman–Crippen LogP) is 8.39. The van der Waals surface area contributed by atoms with E-state index in [-0.39, 0.29) is 5.04 Å². The number of fused-ring (bicyclic) bond motifs is 5. The fourth-order valence-electron chi connectivity index (χ4n) is 9.64. The molecular formula is C38H50O2Si. The highest BCUT2D eigenvalue weighted by atomic mass is 28.4. The van der Waals surface area contributed by atoms with E-state index in [2.05, 4.69) is 107 Å². The topological polar surface area (TPSA) is 29.5 Å². The number of hydrogen-bond donors (Lipinski definition) is 1. The van der Waals surface area contributed by atoms with Crippen molar-refractivity contribution in [1.29, 1.82) is 0 Å². The normalized spacial score (nSPS) is 27.6. The molecule has 0 amide bonds. The second-order valence-corrected chi connectivity index (χ2v) is 18.9. The number of benzene rings is 3. The van der Waals surface area contributed by atoms with Gasteiger partial charge in [-0.05, 0) is 119 Å². The van der Waals surface area contributed by atoms with Gasteiger partial charge in [0.15, 0.2) is 0 Å². The molecule has 0 aliphatic heterocycles. The molecule has 3 aliphatic rings. The van der Waals surface area contributed by atoms with Crippen molar-refractivity contribution < 1.29 is 9.53 Å². The summed E-state index contributed by atoms with van der Waals surface area (Å²) in [5, 5.41) is 13.3. The van der Waals surface area contributed by atoms with E-state index in [1.807, 2.05) is 0 Å². The SMILES string of the molecule is CCc1cc2c(cc1O)CCC1C2CCC2(C)C(CCO[Si](c3ccccc3)(c3ccccc3)C(C)(C)C)CCC12. The molecule has 1 N–H and O–H groups in total. The molecule has 0 aromatic heterocycles. The predicted molar refractivity (Wildman–Crippen MR) is 174 cm³/mol. The maximum atomic E-state index is 10.5.